The van der Waals surface area contributed by atoms with E-state index in [0.717, 1.165) is 6.20 Å². The number of aromatic nitrogens is 1. The fraction of sp³-hybridized carbons (Fsp3) is 0.154. The lowest BCUT2D eigenvalue weighted by Gasteiger charge is -2.19. The van der Waals surface area contributed by atoms with Gasteiger partial charge in [-0.15, -0.1) is 0 Å². The highest BCUT2D eigenvalue weighted by Crippen LogP contribution is 2.52. The number of halogens is 8. The van der Waals surface area contributed by atoms with E-state index in [0.29, 0.717) is 0 Å². The number of benzene rings is 1. The van der Waals surface area contributed by atoms with E-state index in [1.807, 2.05) is 0 Å². The second-order valence-corrected chi connectivity index (χ2v) is 6.07. The Balaban J connectivity index is 2.99. The molecule has 2 rings (SSSR count). The lowest BCUT2D eigenvalue weighted by atomic mass is 10.0. The molecule has 1 aromatic heterocycles. The summed E-state index contributed by atoms with van der Waals surface area (Å²) in [4.78, 5) is 3.36. The quantitative estimate of drug-likeness (QED) is 0.380. The Morgan fingerprint density at radius 3 is 1.78 bits per heavy atom. The van der Waals surface area contributed by atoms with Crippen LogP contribution in [0.25, 0.3) is 11.1 Å². The minimum absolute atomic E-state index is 0.148. The second kappa shape index (κ2) is 6.73. The predicted molar refractivity (Wildman–Crippen MR) is 86.3 cm³/mol. The van der Waals surface area contributed by atoms with Gasteiger partial charge in [0.05, 0.1) is 37.8 Å². The van der Waals surface area contributed by atoms with Crippen molar-refractivity contribution in [3.8, 4) is 16.9 Å². The average Bonchev–Trinajstić information content (AvgIpc) is 2.50. The number of alkyl halides is 3. The van der Waals surface area contributed by atoms with Crippen LogP contribution in [0.5, 0.6) is 5.75 Å². The summed E-state index contributed by atoms with van der Waals surface area (Å²) >= 11 is 29.8. The maximum Gasteiger partial charge on any atom is 0.434 e. The van der Waals surface area contributed by atoms with Gasteiger partial charge in [-0.3, -0.25) is 4.98 Å². The van der Waals surface area contributed by atoms with Gasteiger partial charge >= 0.3 is 6.18 Å². The summed E-state index contributed by atoms with van der Waals surface area (Å²) in [5, 5.41) is -1.19. The zero-order valence-corrected chi connectivity index (χ0v) is 14.8. The number of ether oxygens (including phenoxy) is 1. The Morgan fingerprint density at radius 1 is 0.870 bits per heavy atom. The lowest BCUT2D eigenvalue weighted by Crippen LogP contribution is -2.11. The van der Waals surface area contributed by atoms with Crippen LogP contribution in [-0.4, -0.2) is 12.1 Å². The van der Waals surface area contributed by atoms with Crippen molar-refractivity contribution in [3.05, 3.63) is 43.1 Å². The van der Waals surface area contributed by atoms with Crippen molar-refractivity contribution in [1.29, 1.82) is 0 Å². The third-order valence-corrected chi connectivity index (χ3v) is 5.14. The Morgan fingerprint density at radius 2 is 1.35 bits per heavy atom. The van der Waals surface area contributed by atoms with E-state index in [-0.39, 0.29) is 36.4 Å². The molecule has 0 atom stereocenters. The van der Waals surface area contributed by atoms with Crippen molar-refractivity contribution in [3.63, 3.8) is 0 Å². The van der Waals surface area contributed by atoms with Gasteiger partial charge in [-0.05, 0) is 6.07 Å². The first-order chi connectivity index (χ1) is 10.6. The van der Waals surface area contributed by atoms with Gasteiger partial charge in [-0.2, -0.15) is 13.2 Å². The molecule has 2 nitrogen and oxygen atoms in total. The molecule has 0 unspecified atom stereocenters. The van der Waals surface area contributed by atoms with Gasteiger partial charge in [0.2, 0.25) is 0 Å². The van der Waals surface area contributed by atoms with Crippen LogP contribution in [-0.2, 0) is 6.18 Å². The molecule has 0 spiro atoms. The molecule has 0 aliphatic heterocycles. The van der Waals surface area contributed by atoms with Crippen molar-refractivity contribution in [1.82, 2.24) is 4.98 Å². The molecule has 0 amide bonds. The smallest absolute Gasteiger partial charge is 0.434 e. The maximum atomic E-state index is 13.3. The summed E-state index contributed by atoms with van der Waals surface area (Å²) in [7, 11) is 1.19. The summed E-state index contributed by atoms with van der Waals surface area (Å²) in [5.74, 6) is -0.148. The summed E-state index contributed by atoms with van der Waals surface area (Å²) in [6.07, 6.45) is -3.83. The van der Waals surface area contributed by atoms with Gasteiger partial charge in [-0.25, -0.2) is 0 Å². The summed E-state index contributed by atoms with van der Waals surface area (Å²) < 4.78 is 44.9. The highest BCUT2D eigenvalue weighted by molar-refractivity contribution is 6.56. The van der Waals surface area contributed by atoms with Crippen molar-refractivity contribution in [2.45, 2.75) is 6.18 Å². The fourth-order valence-electron chi connectivity index (χ4n) is 1.90. The molecule has 124 valence electrons. The molecule has 0 aliphatic carbocycles. The fourth-order valence-corrected chi connectivity index (χ4v) is 3.22. The lowest BCUT2D eigenvalue weighted by molar-refractivity contribution is -0.140. The van der Waals surface area contributed by atoms with E-state index >= 15 is 0 Å². The Hall–Kier alpha value is -0.590. The minimum Gasteiger partial charge on any atom is -0.496 e. The number of nitrogens with zero attached hydrogens (tertiary/aromatic N) is 1. The molecular weight excluding hydrogens is 420 g/mol. The zero-order chi connectivity index (χ0) is 17.5. The molecule has 0 saturated carbocycles. The van der Waals surface area contributed by atoms with Crippen LogP contribution < -0.4 is 4.74 Å². The normalized spacial score (nSPS) is 11.7. The van der Waals surface area contributed by atoms with Crippen LogP contribution in [0.15, 0.2) is 12.3 Å². The van der Waals surface area contributed by atoms with Crippen LogP contribution in [0.3, 0.4) is 0 Å². The molecule has 1 heterocycles. The van der Waals surface area contributed by atoms with E-state index < -0.39 is 17.4 Å². The third kappa shape index (κ3) is 3.30. The summed E-state index contributed by atoms with van der Waals surface area (Å²) in [6, 6.07) is 1.23. The number of pyridine rings is 1. The van der Waals surface area contributed by atoms with Gasteiger partial charge in [0, 0.05) is 11.8 Å². The second-order valence-electron chi connectivity index (χ2n) is 4.18. The van der Waals surface area contributed by atoms with Gasteiger partial charge < -0.3 is 4.74 Å². The molecular formula is C13H5Cl5F3NO. The van der Waals surface area contributed by atoms with E-state index in [9.17, 15) is 13.2 Å². The first-order valence-corrected chi connectivity index (χ1v) is 7.62. The van der Waals surface area contributed by atoms with E-state index in [1.165, 1.54) is 13.2 Å². The largest absolute Gasteiger partial charge is 0.496 e. The van der Waals surface area contributed by atoms with Crippen molar-refractivity contribution in [2.24, 2.45) is 0 Å². The van der Waals surface area contributed by atoms with Gasteiger partial charge in [-0.1, -0.05) is 58.0 Å². The maximum absolute atomic E-state index is 13.3. The molecule has 23 heavy (non-hydrogen) atoms. The number of rotatable bonds is 2. The van der Waals surface area contributed by atoms with Crippen molar-refractivity contribution >= 4 is 58.0 Å². The molecule has 1 aromatic carbocycles. The number of methoxy groups -OCH3 is 1. The molecule has 2 aromatic rings. The third-order valence-electron chi connectivity index (χ3n) is 2.86. The highest BCUT2D eigenvalue weighted by Gasteiger charge is 2.39. The van der Waals surface area contributed by atoms with E-state index in [4.69, 9.17) is 62.7 Å². The predicted octanol–water partition coefficient (Wildman–Crippen LogP) is 7.04. The Kier molecular flexibility index (Phi) is 5.48. The van der Waals surface area contributed by atoms with E-state index in [1.54, 1.807) is 0 Å². The molecule has 10 heteroatoms. The molecule has 0 radical (unpaired) electrons. The number of hydrogen-bond acceptors (Lipinski definition) is 2. The van der Waals surface area contributed by atoms with Crippen LogP contribution in [0.2, 0.25) is 25.1 Å². The topological polar surface area (TPSA) is 22.1 Å². The monoisotopic (exact) mass is 423 g/mol. The van der Waals surface area contributed by atoms with Gasteiger partial charge in [0.1, 0.15) is 5.75 Å². The summed E-state index contributed by atoms with van der Waals surface area (Å²) in [5.41, 5.74) is -1.97. The first-order valence-electron chi connectivity index (χ1n) is 5.73. The molecule has 0 aliphatic rings. The van der Waals surface area contributed by atoms with Gasteiger partial charge in [0.25, 0.3) is 0 Å². The molecule has 0 bridgehead atoms. The zero-order valence-electron chi connectivity index (χ0n) is 11.0. The Labute approximate surface area is 154 Å². The van der Waals surface area contributed by atoms with E-state index in [2.05, 4.69) is 4.98 Å². The van der Waals surface area contributed by atoms with Crippen molar-refractivity contribution in [2.75, 3.05) is 7.11 Å². The first kappa shape index (κ1) is 18.7. The number of hydrogen-bond donors (Lipinski definition) is 0. The summed E-state index contributed by atoms with van der Waals surface area (Å²) in [6.45, 7) is 0. The van der Waals surface area contributed by atoms with Crippen LogP contribution in [0.4, 0.5) is 13.2 Å². The SMILES string of the molecule is COc1ccnc(C(F)(F)F)c1-c1c(Cl)c(Cl)c(Cl)c(Cl)c1Cl. The average molecular weight is 425 g/mol. The molecule has 0 fully saturated rings. The van der Waals surface area contributed by atoms with Gasteiger partial charge in [0.15, 0.2) is 5.69 Å². The highest BCUT2D eigenvalue weighted by atomic mass is 35.5. The Bertz CT molecular complexity index is 750. The van der Waals surface area contributed by atoms with Crippen LogP contribution in [0, 0.1) is 0 Å². The van der Waals surface area contributed by atoms with Crippen molar-refractivity contribution < 1.29 is 17.9 Å². The minimum atomic E-state index is -4.78. The standard InChI is InChI=1S/C13H5Cl5F3NO/c1-23-4-2-3-22-12(13(19,20)21)5(4)6-7(14)9(16)11(18)10(17)8(6)15/h2-3H,1H3. The van der Waals surface area contributed by atoms with Crippen LogP contribution in [0.1, 0.15) is 5.69 Å². The van der Waals surface area contributed by atoms with Crippen LogP contribution >= 0.6 is 58.0 Å². The molecule has 0 N–H and O–H groups in total. The molecule has 0 saturated heterocycles.